The first-order chi connectivity index (χ1) is 9.24. The van der Waals surface area contributed by atoms with Crippen molar-refractivity contribution in [2.24, 2.45) is 0 Å². The van der Waals surface area contributed by atoms with Crippen molar-refractivity contribution in [3.05, 3.63) is 65.0 Å². The number of ether oxygens (including phenoxy) is 1. The van der Waals surface area contributed by atoms with Crippen molar-refractivity contribution >= 4 is 26.8 Å². The Labute approximate surface area is 118 Å². The molecule has 0 spiro atoms. The number of hydrogen-bond donors (Lipinski definition) is 0. The minimum absolute atomic E-state index is 0.337. The van der Waals surface area contributed by atoms with Crippen LogP contribution in [0.4, 0.5) is 4.39 Å². The van der Waals surface area contributed by atoms with Gasteiger partial charge in [0, 0.05) is 17.6 Å². The monoisotopic (exact) mass is 317 g/mol. The lowest BCUT2D eigenvalue weighted by Crippen LogP contribution is -1.89. The second-order valence-corrected chi connectivity index (χ2v) is 4.86. The molecule has 0 radical (unpaired) electrons. The number of pyridine rings is 1. The second kappa shape index (κ2) is 4.97. The summed E-state index contributed by atoms with van der Waals surface area (Å²) in [6.07, 6.45) is 1.67. The first-order valence-corrected chi connectivity index (χ1v) is 6.50. The van der Waals surface area contributed by atoms with Crippen LogP contribution in [0.15, 0.2) is 59.2 Å². The van der Waals surface area contributed by atoms with Gasteiger partial charge in [-0.2, -0.15) is 0 Å². The SMILES string of the molecule is Fc1ccc(Br)c(Oc2ccnc3ccccc23)c1. The van der Waals surface area contributed by atoms with E-state index in [1.807, 2.05) is 24.3 Å². The van der Waals surface area contributed by atoms with Gasteiger partial charge in [0.25, 0.3) is 0 Å². The molecule has 1 aromatic heterocycles. The van der Waals surface area contributed by atoms with Crippen LogP contribution < -0.4 is 4.74 Å². The Morgan fingerprint density at radius 1 is 1.00 bits per heavy atom. The van der Waals surface area contributed by atoms with Crippen LogP contribution in [0, 0.1) is 5.82 Å². The Morgan fingerprint density at radius 2 is 1.84 bits per heavy atom. The van der Waals surface area contributed by atoms with Crippen LogP contribution >= 0.6 is 15.9 Å². The van der Waals surface area contributed by atoms with E-state index in [9.17, 15) is 4.39 Å². The molecule has 0 saturated heterocycles. The van der Waals surface area contributed by atoms with E-state index in [1.165, 1.54) is 12.1 Å². The van der Waals surface area contributed by atoms with E-state index in [-0.39, 0.29) is 5.82 Å². The molecule has 0 atom stereocenters. The Kier molecular flexibility index (Phi) is 3.17. The van der Waals surface area contributed by atoms with E-state index in [1.54, 1.807) is 18.3 Å². The van der Waals surface area contributed by atoms with Crippen molar-refractivity contribution in [3.63, 3.8) is 0 Å². The van der Waals surface area contributed by atoms with Crippen LogP contribution in [0.25, 0.3) is 10.9 Å². The summed E-state index contributed by atoms with van der Waals surface area (Å²) in [7, 11) is 0. The smallest absolute Gasteiger partial charge is 0.144 e. The molecular formula is C15H9BrFNO. The van der Waals surface area contributed by atoms with E-state index >= 15 is 0 Å². The average Bonchev–Trinajstić information content (AvgIpc) is 2.43. The summed E-state index contributed by atoms with van der Waals surface area (Å²) in [5.74, 6) is 0.754. The first kappa shape index (κ1) is 12.1. The molecule has 0 saturated carbocycles. The molecular weight excluding hydrogens is 309 g/mol. The lowest BCUT2D eigenvalue weighted by atomic mass is 10.2. The van der Waals surface area contributed by atoms with Gasteiger partial charge in [-0.1, -0.05) is 12.1 Å². The van der Waals surface area contributed by atoms with Gasteiger partial charge >= 0.3 is 0 Å². The highest BCUT2D eigenvalue weighted by molar-refractivity contribution is 9.10. The number of hydrogen-bond acceptors (Lipinski definition) is 2. The van der Waals surface area contributed by atoms with Crippen molar-refractivity contribution in [1.82, 2.24) is 4.98 Å². The minimum atomic E-state index is -0.337. The van der Waals surface area contributed by atoms with Gasteiger partial charge in [0.1, 0.15) is 17.3 Å². The van der Waals surface area contributed by atoms with Crippen LogP contribution in [-0.4, -0.2) is 4.98 Å². The summed E-state index contributed by atoms with van der Waals surface area (Å²) < 4.78 is 19.7. The molecule has 94 valence electrons. The predicted molar refractivity (Wildman–Crippen MR) is 75.9 cm³/mol. The normalized spacial score (nSPS) is 10.6. The number of fused-ring (bicyclic) bond motifs is 1. The van der Waals surface area contributed by atoms with Gasteiger partial charge in [-0.15, -0.1) is 0 Å². The van der Waals surface area contributed by atoms with Crippen molar-refractivity contribution in [3.8, 4) is 11.5 Å². The fraction of sp³-hybridized carbons (Fsp3) is 0. The number of nitrogens with zero attached hydrogens (tertiary/aromatic N) is 1. The van der Waals surface area contributed by atoms with Crippen molar-refractivity contribution < 1.29 is 9.13 Å². The summed E-state index contributed by atoms with van der Waals surface area (Å²) in [5, 5.41) is 0.890. The molecule has 0 fully saturated rings. The molecule has 0 N–H and O–H groups in total. The molecule has 3 rings (SSSR count). The topological polar surface area (TPSA) is 22.1 Å². The average molecular weight is 318 g/mol. The molecule has 0 aliphatic rings. The lowest BCUT2D eigenvalue weighted by Gasteiger charge is -2.10. The molecule has 0 amide bonds. The van der Waals surface area contributed by atoms with Crippen LogP contribution in [0.3, 0.4) is 0 Å². The molecule has 2 aromatic carbocycles. The lowest BCUT2D eigenvalue weighted by molar-refractivity contribution is 0.478. The number of benzene rings is 2. The van der Waals surface area contributed by atoms with Gasteiger partial charge in [0.2, 0.25) is 0 Å². The standard InChI is InChI=1S/C15H9BrFNO/c16-12-6-5-10(17)9-15(12)19-14-7-8-18-13-4-2-1-3-11(13)14/h1-9H. The number of para-hydroxylation sites is 1. The van der Waals surface area contributed by atoms with Crippen molar-refractivity contribution in [1.29, 1.82) is 0 Å². The molecule has 1 heterocycles. The van der Waals surface area contributed by atoms with Gasteiger partial charge in [0.15, 0.2) is 0 Å². The number of aromatic nitrogens is 1. The third-order valence-corrected chi connectivity index (χ3v) is 3.38. The maximum Gasteiger partial charge on any atom is 0.144 e. The molecule has 0 bridgehead atoms. The Bertz CT molecular complexity index is 740. The zero-order chi connectivity index (χ0) is 13.2. The minimum Gasteiger partial charge on any atom is -0.455 e. The number of rotatable bonds is 2. The Hall–Kier alpha value is -1.94. The largest absolute Gasteiger partial charge is 0.455 e. The summed E-state index contributed by atoms with van der Waals surface area (Å²) >= 11 is 3.34. The second-order valence-electron chi connectivity index (χ2n) is 4.00. The summed E-state index contributed by atoms with van der Waals surface area (Å²) in [6.45, 7) is 0. The number of halogens is 2. The zero-order valence-electron chi connectivity index (χ0n) is 9.81. The van der Waals surface area contributed by atoms with Crippen LogP contribution in [0.1, 0.15) is 0 Å². The molecule has 19 heavy (non-hydrogen) atoms. The first-order valence-electron chi connectivity index (χ1n) is 5.71. The van der Waals surface area contributed by atoms with Gasteiger partial charge in [-0.3, -0.25) is 4.98 Å². The molecule has 0 unspecified atom stereocenters. The fourth-order valence-electron chi connectivity index (χ4n) is 1.83. The molecule has 0 aliphatic carbocycles. The highest BCUT2D eigenvalue weighted by Crippen LogP contribution is 2.33. The summed E-state index contributed by atoms with van der Waals surface area (Å²) in [6, 6.07) is 13.8. The maximum absolute atomic E-state index is 13.3. The van der Waals surface area contributed by atoms with Crippen molar-refractivity contribution in [2.45, 2.75) is 0 Å². The highest BCUT2D eigenvalue weighted by Gasteiger charge is 2.07. The van der Waals surface area contributed by atoms with Crippen molar-refractivity contribution in [2.75, 3.05) is 0 Å². The molecule has 3 aromatic rings. The Morgan fingerprint density at radius 3 is 2.74 bits per heavy atom. The van der Waals surface area contributed by atoms with E-state index in [2.05, 4.69) is 20.9 Å². The third-order valence-electron chi connectivity index (χ3n) is 2.72. The van der Waals surface area contributed by atoms with Gasteiger partial charge < -0.3 is 4.74 Å². The van der Waals surface area contributed by atoms with E-state index < -0.39 is 0 Å². The maximum atomic E-state index is 13.3. The van der Waals surface area contributed by atoms with Crippen LogP contribution in [0.5, 0.6) is 11.5 Å². The highest BCUT2D eigenvalue weighted by atomic mass is 79.9. The zero-order valence-corrected chi connectivity index (χ0v) is 11.4. The van der Waals surface area contributed by atoms with Crippen LogP contribution in [0.2, 0.25) is 0 Å². The summed E-state index contributed by atoms with van der Waals surface area (Å²) in [5.41, 5.74) is 0.840. The fourth-order valence-corrected chi connectivity index (χ4v) is 2.16. The van der Waals surface area contributed by atoms with Gasteiger partial charge in [-0.25, -0.2) is 4.39 Å². The van der Waals surface area contributed by atoms with Gasteiger partial charge in [-0.05, 0) is 46.3 Å². The molecule has 2 nitrogen and oxygen atoms in total. The van der Waals surface area contributed by atoms with E-state index in [4.69, 9.17) is 4.74 Å². The van der Waals surface area contributed by atoms with E-state index in [0.29, 0.717) is 16.0 Å². The van der Waals surface area contributed by atoms with Gasteiger partial charge in [0.05, 0.1) is 9.99 Å². The summed E-state index contributed by atoms with van der Waals surface area (Å²) in [4.78, 5) is 4.26. The molecule has 4 heteroatoms. The van der Waals surface area contributed by atoms with E-state index in [0.717, 1.165) is 10.9 Å². The quantitative estimate of drug-likeness (QED) is 0.668. The Balaban J connectivity index is 2.08. The van der Waals surface area contributed by atoms with Crippen LogP contribution in [-0.2, 0) is 0 Å². The molecule has 0 aliphatic heterocycles. The predicted octanol–water partition coefficient (Wildman–Crippen LogP) is 4.93. The third kappa shape index (κ3) is 2.44.